The minimum Gasteiger partial charge on any atom is -0.497 e. The summed E-state index contributed by atoms with van der Waals surface area (Å²) in [6.45, 7) is 6.51. The number of methoxy groups -OCH3 is 2. The van der Waals surface area contributed by atoms with E-state index in [0.717, 1.165) is 25.3 Å². The molecule has 0 aromatic heterocycles. The third-order valence-corrected chi connectivity index (χ3v) is 12.3. The van der Waals surface area contributed by atoms with E-state index >= 15 is 0 Å². The van der Waals surface area contributed by atoms with Gasteiger partial charge in [0.05, 0.1) is 50.4 Å². The van der Waals surface area contributed by atoms with Crippen molar-refractivity contribution in [3.63, 3.8) is 0 Å². The van der Waals surface area contributed by atoms with Gasteiger partial charge in [0.15, 0.2) is 0 Å². The third kappa shape index (κ3) is 5.59. The van der Waals surface area contributed by atoms with Crippen molar-refractivity contribution in [2.75, 3.05) is 53.5 Å². The van der Waals surface area contributed by atoms with Crippen molar-refractivity contribution in [2.45, 2.75) is 69.6 Å². The number of hydrogen-bond donors (Lipinski definition) is 0. The van der Waals surface area contributed by atoms with Gasteiger partial charge in [0.1, 0.15) is 11.5 Å². The minimum absolute atomic E-state index is 0.0180. The summed E-state index contributed by atoms with van der Waals surface area (Å²) >= 11 is 12.9. The van der Waals surface area contributed by atoms with Crippen LogP contribution in [0.5, 0.6) is 11.5 Å². The Balaban J connectivity index is 1.21. The molecule has 1 aliphatic carbocycles. The molecule has 0 spiro atoms. The summed E-state index contributed by atoms with van der Waals surface area (Å²) in [4.78, 5) is 15.8. The highest BCUT2D eigenvalue weighted by molar-refractivity contribution is 6.42. The molecular formula is C34H45Cl2N2O3+. The van der Waals surface area contributed by atoms with Crippen LogP contribution in [0.15, 0.2) is 36.4 Å². The van der Waals surface area contributed by atoms with Gasteiger partial charge in [-0.1, -0.05) is 48.5 Å². The Labute approximate surface area is 255 Å². The number of quaternary nitrogens is 1. The first-order valence-corrected chi connectivity index (χ1v) is 16.4. The standard InChI is InChI=1S/C34H45Cl2N2O3/c1-40-28-20-25(21-29(23-28)41-2)32(39)37-15-10-34(24-37,27-8-9-30(35)31(36)22-27)14-19-38-16-11-33(12-17-38,13-18-38)26-6-4-3-5-7-26/h8-9,20-23,26H,3-7,10-19,24H2,1-2H3/q+1. The van der Waals surface area contributed by atoms with Crippen LogP contribution in [0, 0.1) is 11.3 Å². The SMILES string of the molecule is COc1cc(OC)cc(C(=O)N2CCC(CC[N+]34CCC(C5CCCCC5)(CC3)CC4)(c3ccc(Cl)c(Cl)c3)C2)c1. The average molecular weight is 601 g/mol. The fourth-order valence-electron chi connectivity index (χ4n) is 8.77. The molecule has 1 atom stereocenters. The number of carbonyl (C=O) groups is 1. The van der Waals surface area contributed by atoms with E-state index in [1.165, 1.54) is 81.0 Å². The maximum atomic E-state index is 13.8. The number of benzene rings is 2. The molecule has 2 aromatic carbocycles. The van der Waals surface area contributed by atoms with E-state index < -0.39 is 0 Å². The topological polar surface area (TPSA) is 38.8 Å². The number of carbonyl (C=O) groups excluding carboxylic acids is 1. The predicted octanol–water partition coefficient (Wildman–Crippen LogP) is 7.77. The molecule has 2 bridgehead atoms. The van der Waals surface area contributed by atoms with E-state index in [2.05, 4.69) is 6.07 Å². The zero-order chi connectivity index (χ0) is 28.7. The molecule has 0 radical (unpaired) electrons. The fourth-order valence-corrected chi connectivity index (χ4v) is 9.07. The normalized spacial score (nSPS) is 30.0. The van der Waals surface area contributed by atoms with Gasteiger partial charge in [0, 0.05) is 55.8 Å². The molecule has 7 rings (SSSR count). The minimum atomic E-state index is -0.144. The first-order valence-electron chi connectivity index (χ1n) is 15.6. The first kappa shape index (κ1) is 29.1. The van der Waals surface area contributed by atoms with E-state index in [0.29, 0.717) is 45.6 Å². The third-order valence-electron chi connectivity index (χ3n) is 11.6. The van der Waals surface area contributed by atoms with Crippen molar-refractivity contribution in [1.29, 1.82) is 0 Å². The molecule has 4 aliphatic heterocycles. The number of piperidine rings is 3. The summed E-state index contributed by atoms with van der Waals surface area (Å²) in [5.41, 5.74) is 2.28. The molecule has 222 valence electrons. The smallest absolute Gasteiger partial charge is 0.254 e. The molecule has 4 heterocycles. The lowest BCUT2D eigenvalue weighted by Crippen LogP contribution is -2.64. The van der Waals surface area contributed by atoms with E-state index in [4.69, 9.17) is 32.7 Å². The van der Waals surface area contributed by atoms with Crippen LogP contribution in [0.4, 0.5) is 0 Å². The number of likely N-dealkylation sites (tertiary alicyclic amines) is 1. The second-order valence-corrected chi connectivity index (χ2v) is 14.2. The molecule has 1 saturated carbocycles. The van der Waals surface area contributed by atoms with Crippen LogP contribution < -0.4 is 9.47 Å². The van der Waals surface area contributed by atoms with Gasteiger partial charge in [-0.05, 0) is 60.4 Å². The molecule has 5 nitrogen and oxygen atoms in total. The van der Waals surface area contributed by atoms with Crippen molar-refractivity contribution in [1.82, 2.24) is 4.90 Å². The van der Waals surface area contributed by atoms with Crippen LogP contribution in [-0.4, -0.2) is 68.8 Å². The maximum absolute atomic E-state index is 13.8. The van der Waals surface area contributed by atoms with Gasteiger partial charge < -0.3 is 18.9 Å². The number of fused-ring (bicyclic) bond motifs is 3. The number of ether oxygens (including phenoxy) is 2. The Kier molecular flexibility index (Phi) is 8.26. The number of hydrogen-bond acceptors (Lipinski definition) is 3. The highest BCUT2D eigenvalue weighted by Gasteiger charge is 2.53. The Bertz CT molecular complexity index is 1230. The summed E-state index contributed by atoms with van der Waals surface area (Å²) in [6.07, 6.45) is 13.4. The van der Waals surface area contributed by atoms with Crippen LogP contribution >= 0.6 is 23.2 Å². The van der Waals surface area contributed by atoms with Crippen molar-refractivity contribution in [2.24, 2.45) is 11.3 Å². The maximum Gasteiger partial charge on any atom is 0.254 e. The molecule has 2 aromatic rings. The molecule has 1 unspecified atom stereocenters. The highest BCUT2D eigenvalue weighted by Crippen LogP contribution is 2.53. The largest absolute Gasteiger partial charge is 0.497 e. The quantitative estimate of drug-likeness (QED) is 0.291. The summed E-state index contributed by atoms with van der Waals surface area (Å²) in [7, 11) is 3.23. The van der Waals surface area contributed by atoms with Gasteiger partial charge >= 0.3 is 0 Å². The molecule has 5 aliphatic rings. The molecule has 0 N–H and O–H groups in total. The lowest BCUT2D eigenvalue weighted by molar-refractivity contribution is -0.946. The number of rotatable bonds is 8. The van der Waals surface area contributed by atoms with Crippen LogP contribution in [-0.2, 0) is 5.41 Å². The second kappa shape index (κ2) is 11.6. The van der Waals surface area contributed by atoms with Gasteiger partial charge in [-0.15, -0.1) is 0 Å². The van der Waals surface area contributed by atoms with E-state index in [1.54, 1.807) is 20.3 Å². The van der Waals surface area contributed by atoms with Crippen molar-refractivity contribution in [3.05, 3.63) is 57.6 Å². The second-order valence-electron chi connectivity index (χ2n) is 13.4. The zero-order valence-electron chi connectivity index (χ0n) is 24.7. The molecule has 4 saturated heterocycles. The number of halogens is 2. The van der Waals surface area contributed by atoms with Gasteiger partial charge in [-0.25, -0.2) is 0 Å². The molecule has 1 amide bonds. The van der Waals surface area contributed by atoms with E-state index in [-0.39, 0.29) is 11.3 Å². The van der Waals surface area contributed by atoms with Crippen molar-refractivity contribution in [3.8, 4) is 11.5 Å². The summed E-state index contributed by atoms with van der Waals surface area (Å²) in [6, 6.07) is 11.5. The van der Waals surface area contributed by atoms with Gasteiger partial charge in [0.2, 0.25) is 0 Å². The lowest BCUT2D eigenvalue weighted by atomic mass is 9.59. The van der Waals surface area contributed by atoms with Gasteiger partial charge in [0.25, 0.3) is 5.91 Å². The highest BCUT2D eigenvalue weighted by atomic mass is 35.5. The molecule has 41 heavy (non-hydrogen) atoms. The van der Waals surface area contributed by atoms with Crippen molar-refractivity contribution < 1.29 is 18.8 Å². The molecule has 5 fully saturated rings. The van der Waals surface area contributed by atoms with Crippen LogP contribution in [0.2, 0.25) is 10.0 Å². The molecular weight excluding hydrogens is 555 g/mol. The van der Waals surface area contributed by atoms with Crippen molar-refractivity contribution >= 4 is 29.1 Å². The zero-order valence-corrected chi connectivity index (χ0v) is 26.2. The van der Waals surface area contributed by atoms with E-state index in [1.807, 2.05) is 29.2 Å². The number of amides is 1. The average Bonchev–Trinajstić information content (AvgIpc) is 3.48. The Morgan fingerprint density at radius 3 is 2.17 bits per heavy atom. The molecule has 7 heteroatoms. The van der Waals surface area contributed by atoms with Gasteiger partial charge in [-0.2, -0.15) is 0 Å². The Morgan fingerprint density at radius 2 is 1.56 bits per heavy atom. The first-order chi connectivity index (χ1) is 19.8. The Hall–Kier alpha value is -1.95. The summed E-state index contributed by atoms with van der Waals surface area (Å²) < 4.78 is 12.1. The summed E-state index contributed by atoms with van der Waals surface area (Å²) in [5, 5.41) is 1.17. The fraction of sp³-hybridized carbons (Fsp3) is 0.618. The van der Waals surface area contributed by atoms with Gasteiger partial charge in [-0.3, -0.25) is 4.79 Å². The monoisotopic (exact) mass is 599 g/mol. The van der Waals surface area contributed by atoms with Crippen LogP contribution in [0.25, 0.3) is 0 Å². The van der Waals surface area contributed by atoms with Crippen LogP contribution in [0.3, 0.4) is 0 Å². The summed E-state index contributed by atoms with van der Waals surface area (Å²) in [5.74, 6) is 2.23. The number of nitrogens with zero attached hydrogens (tertiary/aromatic N) is 2. The lowest BCUT2D eigenvalue weighted by Gasteiger charge is -2.58. The predicted molar refractivity (Wildman–Crippen MR) is 165 cm³/mol. The van der Waals surface area contributed by atoms with Crippen LogP contribution in [0.1, 0.15) is 80.1 Å². The Morgan fingerprint density at radius 1 is 0.902 bits per heavy atom. The van der Waals surface area contributed by atoms with E-state index in [9.17, 15) is 4.79 Å².